The minimum absolute atomic E-state index is 0.0767. The summed E-state index contributed by atoms with van der Waals surface area (Å²) in [5.41, 5.74) is 3.84. The standard InChI is InChI=1S/C19H12BrNO2S/c20-11-7-15(24-9-11)16-13-6-5-10-3-1-2-4-12(10)18(13)21-14-8-23-19(22)17(14)16/h1-7,9,16,21H,8H2. The van der Waals surface area contributed by atoms with Gasteiger partial charge >= 0.3 is 5.97 Å². The highest BCUT2D eigenvalue weighted by Gasteiger charge is 2.39. The monoisotopic (exact) mass is 397 g/mol. The van der Waals surface area contributed by atoms with Gasteiger partial charge in [-0.3, -0.25) is 0 Å². The summed E-state index contributed by atoms with van der Waals surface area (Å²) in [5, 5.41) is 7.87. The highest BCUT2D eigenvalue weighted by atomic mass is 79.9. The zero-order valence-corrected chi connectivity index (χ0v) is 14.9. The number of nitrogens with one attached hydrogen (secondary N) is 1. The molecule has 0 amide bonds. The van der Waals surface area contributed by atoms with Crippen LogP contribution in [0.25, 0.3) is 10.8 Å². The molecular weight excluding hydrogens is 386 g/mol. The predicted molar refractivity (Wildman–Crippen MR) is 99.4 cm³/mol. The second kappa shape index (κ2) is 5.19. The summed E-state index contributed by atoms with van der Waals surface area (Å²) in [4.78, 5) is 13.5. The molecule has 0 aliphatic carbocycles. The summed E-state index contributed by atoms with van der Waals surface area (Å²) < 4.78 is 6.36. The number of benzene rings is 2. The molecule has 2 aliphatic heterocycles. The van der Waals surface area contributed by atoms with Crippen molar-refractivity contribution in [3.05, 3.63) is 74.0 Å². The second-order valence-corrected chi connectivity index (χ2v) is 7.80. The highest BCUT2D eigenvalue weighted by molar-refractivity contribution is 9.10. The fourth-order valence-electron chi connectivity index (χ4n) is 3.56. The third kappa shape index (κ3) is 1.98. The van der Waals surface area contributed by atoms with Gasteiger partial charge in [0.2, 0.25) is 0 Å². The number of fused-ring (bicyclic) bond motifs is 3. The second-order valence-electron chi connectivity index (χ2n) is 5.94. The van der Waals surface area contributed by atoms with E-state index in [0.29, 0.717) is 6.61 Å². The van der Waals surface area contributed by atoms with Crippen LogP contribution >= 0.6 is 27.3 Å². The number of rotatable bonds is 1. The Hall–Kier alpha value is -2.11. The molecule has 1 N–H and O–H groups in total. The molecule has 1 unspecified atom stereocenters. The highest BCUT2D eigenvalue weighted by Crippen LogP contribution is 2.48. The van der Waals surface area contributed by atoms with Crippen LogP contribution in [0.4, 0.5) is 5.69 Å². The lowest BCUT2D eigenvalue weighted by molar-refractivity contribution is -0.136. The van der Waals surface area contributed by atoms with Crippen LogP contribution in [-0.4, -0.2) is 12.6 Å². The average Bonchev–Trinajstić information content (AvgIpc) is 3.19. The summed E-state index contributed by atoms with van der Waals surface area (Å²) in [6.07, 6.45) is 0. The van der Waals surface area contributed by atoms with Crippen molar-refractivity contribution in [3.8, 4) is 0 Å². The van der Waals surface area contributed by atoms with Gasteiger partial charge in [0, 0.05) is 20.1 Å². The number of carbonyl (C=O) groups is 1. The lowest BCUT2D eigenvalue weighted by Gasteiger charge is -2.27. The number of hydrogen-bond acceptors (Lipinski definition) is 4. The zero-order chi connectivity index (χ0) is 16.3. The smallest absolute Gasteiger partial charge is 0.337 e. The molecular formula is C19H12BrNO2S. The number of halogens is 1. The first-order valence-electron chi connectivity index (χ1n) is 7.65. The molecule has 0 fully saturated rings. The van der Waals surface area contributed by atoms with E-state index < -0.39 is 0 Å². The van der Waals surface area contributed by atoms with Gasteiger partial charge in [0.25, 0.3) is 0 Å². The molecule has 0 saturated carbocycles. The molecule has 3 nitrogen and oxygen atoms in total. The van der Waals surface area contributed by atoms with Crippen molar-refractivity contribution < 1.29 is 9.53 Å². The zero-order valence-electron chi connectivity index (χ0n) is 12.5. The number of anilines is 1. The van der Waals surface area contributed by atoms with Crippen molar-refractivity contribution in [1.29, 1.82) is 0 Å². The van der Waals surface area contributed by atoms with Gasteiger partial charge in [-0.1, -0.05) is 36.4 Å². The molecule has 0 saturated heterocycles. The molecule has 3 aromatic rings. The van der Waals surface area contributed by atoms with Crippen molar-refractivity contribution in [2.75, 3.05) is 11.9 Å². The van der Waals surface area contributed by atoms with Crippen LogP contribution in [-0.2, 0) is 9.53 Å². The lowest BCUT2D eigenvalue weighted by atomic mass is 9.83. The molecule has 5 heteroatoms. The average molecular weight is 398 g/mol. The minimum atomic E-state index is -0.217. The molecule has 2 aliphatic rings. The van der Waals surface area contributed by atoms with Crippen molar-refractivity contribution >= 4 is 49.7 Å². The normalized spacial score (nSPS) is 19.0. The van der Waals surface area contributed by atoms with E-state index in [9.17, 15) is 4.79 Å². The Kier molecular flexibility index (Phi) is 3.08. The van der Waals surface area contributed by atoms with Gasteiger partial charge in [0.1, 0.15) is 6.61 Å². The fraction of sp³-hybridized carbons (Fsp3) is 0.105. The van der Waals surface area contributed by atoms with Crippen LogP contribution in [0, 0.1) is 0 Å². The SMILES string of the molecule is O=C1OCC2=C1C(c1cc(Br)cs1)c1ccc3ccccc3c1N2. The Bertz CT molecular complexity index is 1040. The molecule has 0 spiro atoms. The van der Waals surface area contributed by atoms with E-state index in [1.54, 1.807) is 11.3 Å². The number of cyclic esters (lactones) is 1. The van der Waals surface area contributed by atoms with Gasteiger partial charge in [-0.25, -0.2) is 4.79 Å². The van der Waals surface area contributed by atoms with Crippen LogP contribution in [0.3, 0.4) is 0 Å². The summed E-state index contributed by atoms with van der Waals surface area (Å²) in [6.45, 7) is 0.319. The number of esters is 1. The van der Waals surface area contributed by atoms with Crippen molar-refractivity contribution in [1.82, 2.24) is 0 Å². The maximum Gasteiger partial charge on any atom is 0.337 e. The Morgan fingerprint density at radius 3 is 2.92 bits per heavy atom. The van der Waals surface area contributed by atoms with Crippen LogP contribution in [0.1, 0.15) is 16.4 Å². The summed E-state index contributed by atoms with van der Waals surface area (Å²) in [6, 6.07) is 14.6. The Labute approximate surface area is 151 Å². The molecule has 0 bridgehead atoms. The fourth-order valence-corrected chi connectivity index (χ4v) is 5.13. The van der Waals surface area contributed by atoms with E-state index in [1.165, 1.54) is 10.8 Å². The van der Waals surface area contributed by atoms with Crippen molar-refractivity contribution in [2.45, 2.75) is 5.92 Å². The van der Waals surface area contributed by atoms with Crippen LogP contribution in [0.15, 0.2) is 63.6 Å². The summed E-state index contributed by atoms with van der Waals surface area (Å²) in [5.74, 6) is -0.294. The lowest BCUT2D eigenvalue weighted by Crippen LogP contribution is -2.19. The maximum atomic E-state index is 12.3. The topological polar surface area (TPSA) is 38.3 Å². The van der Waals surface area contributed by atoms with E-state index in [1.807, 2.05) is 12.1 Å². The largest absolute Gasteiger partial charge is 0.456 e. The quantitative estimate of drug-likeness (QED) is 0.585. The number of thiophene rings is 1. The van der Waals surface area contributed by atoms with E-state index in [-0.39, 0.29) is 11.9 Å². The first-order valence-corrected chi connectivity index (χ1v) is 9.32. The van der Waals surface area contributed by atoms with Crippen LogP contribution in [0.2, 0.25) is 0 Å². The minimum Gasteiger partial charge on any atom is -0.456 e. The Morgan fingerprint density at radius 2 is 2.08 bits per heavy atom. The van der Waals surface area contributed by atoms with Gasteiger partial charge in [0.05, 0.1) is 22.9 Å². The van der Waals surface area contributed by atoms with E-state index in [4.69, 9.17) is 4.74 Å². The number of carbonyl (C=O) groups excluding carboxylic acids is 1. The van der Waals surface area contributed by atoms with Gasteiger partial charge < -0.3 is 10.1 Å². The summed E-state index contributed by atoms with van der Waals surface area (Å²) in [7, 11) is 0. The van der Waals surface area contributed by atoms with Gasteiger partial charge in [-0.2, -0.15) is 0 Å². The Balaban J connectivity index is 1.81. The molecule has 5 rings (SSSR count). The van der Waals surface area contributed by atoms with E-state index >= 15 is 0 Å². The Morgan fingerprint density at radius 1 is 1.21 bits per heavy atom. The first kappa shape index (κ1) is 14.3. The molecule has 0 radical (unpaired) electrons. The van der Waals surface area contributed by atoms with Crippen molar-refractivity contribution in [3.63, 3.8) is 0 Å². The van der Waals surface area contributed by atoms with E-state index in [2.05, 4.69) is 57.0 Å². The van der Waals surface area contributed by atoms with Gasteiger partial charge in [-0.05, 0) is 32.9 Å². The summed E-state index contributed by atoms with van der Waals surface area (Å²) >= 11 is 5.19. The maximum absolute atomic E-state index is 12.3. The molecule has 3 heterocycles. The van der Waals surface area contributed by atoms with Crippen LogP contribution < -0.4 is 5.32 Å². The third-order valence-electron chi connectivity index (χ3n) is 4.60. The van der Waals surface area contributed by atoms with E-state index in [0.717, 1.165) is 31.9 Å². The van der Waals surface area contributed by atoms with Gasteiger partial charge in [0.15, 0.2) is 0 Å². The van der Waals surface area contributed by atoms with Gasteiger partial charge in [-0.15, -0.1) is 11.3 Å². The molecule has 24 heavy (non-hydrogen) atoms. The first-order chi connectivity index (χ1) is 11.7. The predicted octanol–water partition coefficient (Wildman–Crippen LogP) is 5.03. The molecule has 1 atom stereocenters. The number of ether oxygens (including phenoxy) is 1. The number of hydrogen-bond donors (Lipinski definition) is 1. The molecule has 2 aromatic carbocycles. The van der Waals surface area contributed by atoms with Crippen LogP contribution in [0.5, 0.6) is 0 Å². The molecule has 118 valence electrons. The molecule has 1 aromatic heterocycles. The third-order valence-corrected chi connectivity index (χ3v) is 6.36. The van der Waals surface area contributed by atoms with Crippen molar-refractivity contribution in [2.24, 2.45) is 0 Å².